The van der Waals surface area contributed by atoms with Crippen LogP contribution in [0.25, 0.3) is 0 Å². The summed E-state index contributed by atoms with van der Waals surface area (Å²) in [6.07, 6.45) is 5.57. The number of nitrogens with zero attached hydrogens (tertiary/aromatic N) is 2. The molecular weight excluding hydrogens is 210 g/mol. The van der Waals surface area contributed by atoms with Crippen LogP contribution in [0.4, 0.5) is 5.82 Å². The number of aryl methyl sites for hydroxylation is 1. The Hall–Kier alpha value is -1.69. The number of nitrogens with one attached hydrogen (secondary N) is 1. The Bertz CT molecular complexity index is 395. The van der Waals surface area contributed by atoms with E-state index in [1.165, 1.54) is 6.33 Å². The molecule has 0 radical (unpaired) electrons. The van der Waals surface area contributed by atoms with Gasteiger partial charge in [0.15, 0.2) is 12.4 Å². The Kier molecular flexibility index (Phi) is 3.31. The van der Waals surface area contributed by atoms with Gasteiger partial charge in [-0.15, -0.1) is 0 Å². The molecule has 0 aromatic carbocycles. The highest BCUT2D eigenvalue weighted by molar-refractivity contribution is 5.68. The lowest BCUT2D eigenvalue weighted by molar-refractivity contribution is -0.141. The van der Waals surface area contributed by atoms with Crippen molar-refractivity contribution >= 4 is 11.8 Å². The maximum absolute atomic E-state index is 10.3. The molecule has 0 saturated heterocycles. The van der Waals surface area contributed by atoms with Crippen LogP contribution in [-0.4, -0.2) is 27.7 Å². The first kappa shape index (κ1) is 10.8. The molecular formula is C10H13N3O3. The highest BCUT2D eigenvalue weighted by Crippen LogP contribution is 2.24. The van der Waals surface area contributed by atoms with Crippen molar-refractivity contribution < 1.29 is 14.7 Å². The van der Waals surface area contributed by atoms with E-state index in [2.05, 4.69) is 15.4 Å². The highest BCUT2D eigenvalue weighted by Gasteiger charge is 2.15. The molecule has 0 saturated carbocycles. The zero-order valence-corrected chi connectivity index (χ0v) is 8.77. The van der Waals surface area contributed by atoms with Gasteiger partial charge in [0.2, 0.25) is 0 Å². The first-order valence-electron chi connectivity index (χ1n) is 5.19. The number of fused-ring (bicyclic) bond motifs is 1. The molecule has 0 aliphatic heterocycles. The van der Waals surface area contributed by atoms with Crippen LogP contribution in [0.2, 0.25) is 0 Å². The highest BCUT2D eigenvalue weighted by atomic mass is 16.7. The molecule has 16 heavy (non-hydrogen) atoms. The average Bonchev–Trinajstić information content (AvgIpc) is 2.29. The number of anilines is 1. The molecule has 1 aromatic rings. The zero-order valence-electron chi connectivity index (χ0n) is 8.77. The summed E-state index contributed by atoms with van der Waals surface area (Å²) in [6, 6.07) is 0. The Balaban J connectivity index is 2.05. The Morgan fingerprint density at radius 3 is 3.06 bits per heavy atom. The molecule has 0 unspecified atom stereocenters. The molecule has 6 heteroatoms. The van der Waals surface area contributed by atoms with E-state index < -0.39 is 12.6 Å². The van der Waals surface area contributed by atoms with Gasteiger partial charge in [0.25, 0.3) is 0 Å². The quantitative estimate of drug-likeness (QED) is 0.734. The minimum Gasteiger partial charge on any atom is -0.479 e. The number of carbonyl (C=O) groups is 1. The lowest BCUT2D eigenvalue weighted by Crippen LogP contribution is -2.15. The summed E-state index contributed by atoms with van der Waals surface area (Å²) in [5.74, 6) is -0.429. The van der Waals surface area contributed by atoms with Gasteiger partial charge in [-0.05, 0) is 25.7 Å². The topological polar surface area (TPSA) is 84.3 Å². The predicted octanol–water partition coefficient (Wildman–Crippen LogP) is 0.783. The smallest absolute Gasteiger partial charge is 0.332 e. The summed E-state index contributed by atoms with van der Waals surface area (Å²) in [5, 5.41) is 8.43. The van der Waals surface area contributed by atoms with Crippen molar-refractivity contribution in [3.05, 3.63) is 17.6 Å². The number of hydrogen-bond donors (Lipinski definition) is 2. The summed E-state index contributed by atoms with van der Waals surface area (Å²) in [7, 11) is 0. The fraction of sp³-hybridized carbons (Fsp3) is 0.500. The first-order chi connectivity index (χ1) is 7.77. The van der Waals surface area contributed by atoms with Crippen molar-refractivity contribution in [3.8, 4) is 0 Å². The van der Waals surface area contributed by atoms with Gasteiger partial charge in [-0.25, -0.2) is 20.2 Å². The Morgan fingerprint density at radius 2 is 2.25 bits per heavy atom. The average molecular weight is 223 g/mol. The van der Waals surface area contributed by atoms with Crippen molar-refractivity contribution in [3.63, 3.8) is 0 Å². The van der Waals surface area contributed by atoms with Crippen LogP contribution in [0.3, 0.4) is 0 Å². The molecule has 2 rings (SSSR count). The number of aromatic nitrogens is 2. The molecule has 0 spiro atoms. The zero-order chi connectivity index (χ0) is 11.4. The van der Waals surface area contributed by atoms with E-state index >= 15 is 0 Å². The fourth-order valence-corrected chi connectivity index (χ4v) is 1.78. The van der Waals surface area contributed by atoms with Gasteiger partial charge >= 0.3 is 5.97 Å². The first-order valence-corrected chi connectivity index (χ1v) is 5.19. The predicted molar refractivity (Wildman–Crippen MR) is 55.9 cm³/mol. The van der Waals surface area contributed by atoms with E-state index in [9.17, 15) is 4.79 Å². The number of rotatable bonds is 4. The molecule has 1 heterocycles. The number of carboxylic acid groups (broad SMARTS) is 1. The van der Waals surface area contributed by atoms with Crippen LogP contribution >= 0.6 is 0 Å². The molecule has 0 fully saturated rings. The van der Waals surface area contributed by atoms with Gasteiger partial charge in [-0.1, -0.05) is 0 Å². The number of carboxylic acids is 1. The summed E-state index contributed by atoms with van der Waals surface area (Å²) >= 11 is 0. The minimum absolute atomic E-state index is 0.390. The van der Waals surface area contributed by atoms with E-state index in [1.807, 2.05) is 0 Å². The maximum atomic E-state index is 10.3. The molecule has 0 bridgehead atoms. The van der Waals surface area contributed by atoms with Crippen molar-refractivity contribution in [1.82, 2.24) is 9.97 Å². The van der Waals surface area contributed by atoms with Crippen molar-refractivity contribution in [2.45, 2.75) is 25.7 Å². The lowest BCUT2D eigenvalue weighted by Gasteiger charge is -2.17. The molecule has 1 aliphatic carbocycles. The van der Waals surface area contributed by atoms with Gasteiger partial charge in [-0.3, -0.25) is 4.84 Å². The van der Waals surface area contributed by atoms with E-state index in [1.54, 1.807) is 0 Å². The van der Waals surface area contributed by atoms with Crippen molar-refractivity contribution in [2.24, 2.45) is 0 Å². The van der Waals surface area contributed by atoms with Gasteiger partial charge in [0.1, 0.15) is 6.33 Å². The fourth-order valence-electron chi connectivity index (χ4n) is 1.78. The summed E-state index contributed by atoms with van der Waals surface area (Å²) < 4.78 is 0. The monoisotopic (exact) mass is 223 g/mol. The second-order valence-electron chi connectivity index (χ2n) is 3.64. The van der Waals surface area contributed by atoms with Gasteiger partial charge in [0.05, 0.1) is 0 Å². The van der Waals surface area contributed by atoms with E-state index in [4.69, 9.17) is 9.94 Å². The SMILES string of the molecule is O=C(O)CONc1ncnc2c1CCCC2. The van der Waals surface area contributed by atoms with Crippen LogP contribution < -0.4 is 5.48 Å². The molecule has 1 aliphatic rings. The van der Waals surface area contributed by atoms with Crippen LogP contribution in [0.5, 0.6) is 0 Å². The second kappa shape index (κ2) is 4.89. The minimum atomic E-state index is -1.02. The summed E-state index contributed by atoms with van der Waals surface area (Å²) in [6.45, 7) is -0.390. The third kappa shape index (κ3) is 2.46. The van der Waals surface area contributed by atoms with Gasteiger partial charge in [-0.2, -0.15) is 0 Å². The molecule has 86 valence electrons. The lowest BCUT2D eigenvalue weighted by atomic mass is 9.97. The molecule has 0 amide bonds. The standard InChI is InChI=1S/C10H13N3O3/c14-9(15)5-16-13-10-7-3-1-2-4-8(7)11-6-12-10/h6H,1-5H2,(H,14,15)(H,11,12,13). The summed E-state index contributed by atoms with van der Waals surface area (Å²) in [4.78, 5) is 23.3. The van der Waals surface area contributed by atoms with Crippen LogP contribution in [-0.2, 0) is 22.5 Å². The molecule has 1 aromatic heterocycles. The third-order valence-electron chi connectivity index (χ3n) is 2.49. The number of hydrogen-bond acceptors (Lipinski definition) is 5. The van der Waals surface area contributed by atoms with Crippen LogP contribution in [0, 0.1) is 0 Å². The van der Waals surface area contributed by atoms with Crippen molar-refractivity contribution in [1.29, 1.82) is 0 Å². The van der Waals surface area contributed by atoms with E-state index in [0.717, 1.165) is 36.9 Å². The molecule has 2 N–H and O–H groups in total. The van der Waals surface area contributed by atoms with E-state index in [-0.39, 0.29) is 0 Å². The Morgan fingerprint density at radius 1 is 1.44 bits per heavy atom. The molecule has 0 atom stereocenters. The van der Waals surface area contributed by atoms with Gasteiger partial charge in [0, 0.05) is 11.3 Å². The number of aliphatic carboxylic acids is 1. The largest absolute Gasteiger partial charge is 0.479 e. The van der Waals surface area contributed by atoms with E-state index in [0.29, 0.717) is 5.82 Å². The van der Waals surface area contributed by atoms with Crippen LogP contribution in [0.15, 0.2) is 6.33 Å². The second-order valence-corrected chi connectivity index (χ2v) is 3.64. The van der Waals surface area contributed by atoms with Crippen LogP contribution in [0.1, 0.15) is 24.1 Å². The normalized spacial score (nSPS) is 14.2. The Labute approximate surface area is 92.6 Å². The summed E-state index contributed by atoms with van der Waals surface area (Å²) in [5.41, 5.74) is 4.64. The van der Waals surface area contributed by atoms with Crippen molar-refractivity contribution in [2.75, 3.05) is 12.1 Å². The van der Waals surface area contributed by atoms with Gasteiger partial charge < -0.3 is 5.11 Å². The maximum Gasteiger partial charge on any atom is 0.332 e. The molecule has 6 nitrogen and oxygen atoms in total. The third-order valence-corrected chi connectivity index (χ3v) is 2.49.